The smallest absolute Gasteiger partial charge is 0.254 e. The monoisotopic (exact) mass is 396 g/mol. The number of rotatable bonds is 3. The van der Waals surface area contributed by atoms with Crippen molar-refractivity contribution in [2.45, 2.75) is 19.4 Å². The third-order valence-electron chi connectivity index (χ3n) is 4.75. The van der Waals surface area contributed by atoms with Gasteiger partial charge in [0.25, 0.3) is 11.8 Å². The zero-order chi connectivity index (χ0) is 19.5. The molecule has 0 spiro atoms. The van der Waals surface area contributed by atoms with Gasteiger partial charge in [0.1, 0.15) is 11.9 Å². The molecule has 1 aliphatic heterocycles. The predicted molar refractivity (Wildman–Crippen MR) is 104 cm³/mol. The molecule has 4 heterocycles. The first-order chi connectivity index (χ1) is 13.6. The third kappa shape index (κ3) is 3.65. The highest BCUT2D eigenvalue weighted by atomic mass is 32.1. The number of amides is 2. The molecule has 3 aromatic heterocycles. The van der Waals surface area contributed by atoms with Gasteiger partial charge in [0, 0.05) is 43.0 Å². The first kappa shape index (κ1) is 18.3. The maximum absolute atomic E-state index is 13.2. The third-order valence-corrected chi connectivity index (χ3v) is 5.44. The largest absolute Gasteiger partial charge is 0.336 e. The van der Waals surface area contributed by atoms with Crippen molar-refractivity contribution in [2.24, 2.45) is 0 Å². The number of hydrogen-bond donors (Lipinski definition) is 1. The minimum Gasteiger partial charge on any atom is -0.336 e. The van der Waals surface area contributed by atoms with E-state index < -0.39 is 6.04 Å². The van der Waals surface area contributed by atoms with Gasteiger partial charge in [-0.05, 0) is 36.9 Å². The van der Waals surface area contributed by atoms with E-state index in [4.69, 9.17) is 0 Å². The fourth-order valence-corrected chi connectivity index (χ4v) is 4.00. The SMILES string of the molecule is Cc1nc(C2CN(C(=O)c3ccsc3)CCCN2C(=O)c2ccncc2)n[nH]1. The Kier molecular flexibility index (Phi) is 5.16. The molecule has 0 bridgehead atoms. The van der Waals surface area contributed by atoms with Crippen molar-refractivity contribution in [3.8, 4) is 0 Å². The van der Waals surface area contributed by atoms with Crippen LogP contribution in [-0.2, 0) is 0 Å². The Hall–Kier alpha value is -3.07. The predicted octanol–water partition coefficient (Wildman–Crippen LogP) is 2.30. The van der Waals surface area contributed by atoms with Gasteiger partial charge < -0.3 is 9.80 Å². The molecule has 3 aromatic rings. The van der Waals surface area contributed by atoms with Crippen LogP contribution >= 0.6 is 11.3 Å². The van der Waals surface area contributed by atoms with Gasteiger partial charge in [0.2, 0.25) is 0 Å². The van der Waals surface area contributed by atoms with Gasteiger partial charge in [-0.1, -0.05) is 0 Å². The lowest BCUT2D eigenvalue weighted by molar-refractivity contribution is 0.0623. The second-order valence-electron chi connectivity index (χ2n) is 6.65. The van der Waals surface area contributed by atoms with Crippen LogP contribution in [0.2, 0.25) is 0 Å². The van der Waals surface area contributed by atoms with E-state index in [1.807, 2.05) is 23.8 Å². The molecule has 0 radical (unpaired) electrons. The second-order valence-corrected chi connectivity index (χ2v) is 7.43. The summed E-state index contributed by atoms with van der Waals surface area (Å²) >= 11 is 1.49. The van der Waals surface area contributed by atoms with Gasteiger partial charge in [-0.2, -0.15) is 16.4 Å². The van der Waals surface area contributed by atoms with Gasteiger partial charge in [0.05, 0.1) is 5.56 Å². The van der Waals surface area contributed by atoms with E-state index in [2.05, 4.69) is 20.2 Å². The van der Waals surface area contributed by atoms with E-state index in [1.165, 1.54) is 11.3 Å². The van der Waals surface area contributed by atoms with Crippen LogP contribution in [0.4, 0.5) is 0 Å². The zero-order valence-corrected chi connectivity index (χ0v) is 16.2. The number of nitrogens with zero attached hydrogens (tertiary/aromatic N) is 5. The van der Waals surface area contributed by atoms with Crippen LogP contribution in [0.25, 0.3) is 0 Å². The Morgan fingerprint density at radius 3 is 2.64 bits per heavy atom. The van der Waals surface area contributed by atoms with Crippen molar-refractivity contribution in [2.75, 3.05) is 19.6 Å². The van der Waals surface area contributed by atoms with Crippen LogP contribution in [-0.4, -0.2) is 61.4 Å². The van der Waals surface area contributed by atoms with Crippen LogP contribution in [0, 0.1) is 6.92 Å². The molecular formula is C19H20N6O2S. The molecule has 0 aliphatic carbocycles. The van der Waals surface area contributed by atoms with Gasteiger partial charge in [-0.3, -0.25) is 19.7 Å². The van der Waals surface area contributed by atoms with Crippen molar-refractivity contribution in [1.82, 2.24) is 30.0 Å². The molecule has 1 unspecified atom stereocenters. The van der Waals surface area contributed by atoms with Crippen molar-refractivity contribution >= 4 is 23.2 Å². The minimum atomic E-state index is -0.421. The molecule has 0 aromatic carbocycles. The normalized spacial score (nSPS) is 17.4. The maximum atomic E-state index is 13.2. The Bertz CT molecular complexity index is 956. The summed E-state index contributed by atoms with van der Waals surface area (Å²) in [6.45, 7) is 3.26. The Morgan fingerprint density at radius 1 is 1.14 bits per heavy atom. The van der Waals surface area contributed by atoms with Gasteiger partial charge in [-0.25, -0.2) is 4.98 Å². The van der Waals surface area contributed by atoms with Crippen LogP contribution in [0.3, 0.4) is 0 Å². The lowest BCUT2D eigenvalue weighted by Gasteiger charge is -2.30. The van der Waals surface area contributed by atoms with Crippen LogP contribution in [0.5, 0.6) is 0 Å². The minimum absolute atomic E-state index is 0.0308. The highest BCUT2D eigenvalue weighted by Gasteiger charge is 2.34. The number of H-pyrrole nitrogens is 1. The first-order valence-corrected chi connectivity index (χ1v) is 9.99. The van der Waals surface area contributed by atoms with E-state index in [-0.39, 0.29) is 11.8 Å². The molecule has 0 saturated carbocycles. The highest BCUT2D eigenvalue weighted by molar-refractivity contribution is 7.08. The Balaban J connectivity index is 1.66. The van der Waals surface area contributed by atoms with E-state index in [1.54, 1.807) is 34.3 Å². The molecule has 1 atom stereocenters. The summed E-state index contributed by atoms with van der Waals surface area (Å²) in [5, 5.41) is 10.9. The molecule has 2 amide bonds. The fraction of sp³-hybridized carbons (Fsp3) is 0.316. The van der Waals surface area contributed by atoms with Crippen molar-refractivity contribution in [3.05, 3.63) is 64.1 Å². The number of aromatic nitrogens is 4. The molecule has 8 nitrogen and oxygen atoms in total. The Morgan fingerprint density at radius 2 is 1.96 bits per heavy atom. The fourth-order valence-electron chi connectivity index (χ4n) is 3.37. The summed E-state index contributed by atoms with van der Waals surface area (Å²) in [5.41, 5.74) is 1.23. The number of hydrogen-bond acceptors (Lipinski definition) is 6. The van der Waals surface area contributed by atoms with Crippen molar-refractivity contribution < 1.29 is 9.59 Å². The Labute approximate surface area is 166 Å². The summed E-state index contributed by atoms with van der Waals surface area (Å²) < 4.78 is 0. The van der Waals surface area contributed by atoms with Gasteiger partial charge in [0.15, 0.2) is 5.82 Å². The molecule has 1 saturated heterocycles. The number of nitrogens with one attached hydrogen (secondary N) is 1. The van der Waals surface area contributed by atoms with E-state index in [0.717, 1.165) is 0 Å². The highest BCUT2D eigenvalue weighted by Crippen LogP contribution is 2.26. The number of aromatic amines is 1. The van der Waals surface area contributed by atoms with Crippen LogP contribution in [0.1, 0.15) is 44.8 Å². The second kappa shape index (κ2) is 7.89. The summed E-state index contributed by atoms with van der Waals surface area (Å²) in [6, 6.07) is 4.79. The van der Waals surface area contributed by atoms with E-state index in [0.29, 0.717) is 48.8 Å². The summed E-state index contributed by atoms with van der Waals surface area (Å²) in [4.78, 5) is 38.1. The lowest BCUT2D eigenvalue weighted by Crippen LogP contribution is -2.40. The molecule has 1 N–H and O–H groups in total. The molecule has 9 heteroatoms. The quantitative estimate of drug-likeness (QED) is 0.733. The van der Waals surface area contributed by atoms with E-state index >= 15 is 0 Å². The summed E-state index contributed by atoms with van der Waals surface area (Å²) in [6.07, 6.45) is 3.89. The molecule has 144 valence electrons. The summed E-state index contributed by atoms with van der Waals surface area (Å²) in [7, 11) is 0. The molecule has 1 aliphatic rings. The molecule has 4 rings (SSSR count). The standard InChI is InChI=1S/C19H20N6O2S/c1-13-21-17(23-22-13)16-11-24(18(26)15-5-10-28-12-15)8-2-9-25(16)19(27)14-3-6-20-7-4-14/h3-7,10,12,16H,2,8-9,11H2,1H3,(H,21,22,23). The summed E-state index contributed by atoms with van der Waals surface area (Å²) in [5.74, 6) is 1.05. The zero-order valence-electron chi connectivity index (χ0n) is 15.4. The molecule has 1 fully saturated rings. The average Bonchev–Trinajstić information content (AvgIpc) is 3.35. The van der Waals surface area contributed by atoms with Crippen molar-refractivity contribution in [1.29, 1.82) is 0 Å². The average molecular weight is 396 g/mol. The number of aryl methyl sites for hydroxylation is 1. The van der Waals surface area contributed by atoms with Gasteiger partial charge in [-0.15, -0.1) is 0 Å². The lowest BCUT2D eigenvalue weighted by atomic mass is 10.1. The number of carbonyl (C=O) groups is 2. The first-order valence-electron chi connectivity index (χ1n) is 9.05. The van der Waals surface area contributed by atoms with Crippen LogP contribution < -0.4 is 0 Å². The van der Waals surface area contributed by atoms with Crippen LogP contribution in [0.15, 0.2) is 41.4 Å². The number of pyridine rings is 1. The maximum Gasteiger partial charge on any atom is 0.254 e. The number of thiophene rings is 1. The topological polar surface area (TPSA) is 95.1 Å². The molecule has 28 heavy (non-hydrogen) atoms. The van der Waals surface area contributed by atoms with Gasteiger partial charge >= 0.3 is 0 Å². The van der Waals surface area contributed by atoms with Crippen molar-refractivity contribution in [3.63, 3.8) is 0 Å². The van der Waals surface area contributed by atoms with E-state index in [9.17, 15) is 9.59 Å². The molecular weight excluding hydrogens is 376 g/mol. The number of carbonyl (C=O) groups excluding carboxylic acids is 2.